The third-order valence-corrected chi connectivity index (χ3v) is 6.90. The number of allylic oxidation sites excluding steroid dienone is 1. The van der Waals surface area contributed by atoms with Gasteiger partial charge in [-0.1, -0.05) is 72.3 Å². The second-order valence-corrected chi connectivity index (χ2v) is 9.41. The summed E-state index contributed by atoms with van der Waals surface area (Å²) in [4.78, 5) is -0.373. The molecule has 0 N–H and O–H groups in total. The lowest BCUT2D eigenvalue weighted by Gasteiger charge is -2.13. The molecule has 4 nitrogen and oxygen atoms in total. The van der Waals surface area contributed by atoms with Crippen LogP contribution in [0.4, 0.5) is 0 Å². The summed E-state index contributed by atoms with van der Waals surface area (Å²) < 4.78 is 32.3. The summed E-state index contributed by atoms with van der Waals surface area (Å²) >= 11 is 5.89. The molecule has 4 aromatic carbocycles. The lowest BCUT2D eigenvalue weighted by molar-refractivity contribution is 0.306. The predicted molar refractivity (Wildman–Crippen MR) is 127 cm³/mol. The highest BCUT2D eigenvalue weighted by Gasteiger charge is 2.22. The molecule has 0 aliphatic rings. The number of benzene rings is 4. The van der Waals surface area contributed by atoms with Crippen LogP contribution in [0.1, 0.15) is 11.1 Å². The van der Waals surface area contributed by atoms with Gasteiger partial charge in [0.2, 0.25) is 9.84 Å². The van der Waals surface area contributed by atoms with Gasteiger partial charge in [0.15, 0.2) is 0 Å². The van der Waals surface area contributed by atoms with Crippen molar-refractivity contribution in [3.05, 3.63) is 112 Å². The summed E-state index contributed by atoms with van der Waals surface area (Å²) in [5.74, 6) is 0.492. The van der Waals surface area contributed by atoms with Gasteiger partial charge >= 0.3 is 0 Å². The molecule has 0 fully saturated rings. The Morgan fingerprint density at radius 1 is 0.906 bits per heavy atom. The summed E-state index contributed by atoms with van der Waals surface area (Å²) in [5.41, 5.74) is 1.51. The summed E-state index contributed by atoms with van der Waals surface area (Å²) in [7, 11) is -4.03. The minimum Gasteiger partial charge on any atom is -0.488 e. The lowest BCUT2D eigenvalue weighted by Crippen LogP contribution is -2.04. The molecular formula is C26H18ClNO3S. The molecule has 0 aliphatic heterocycles. The van der Waals surface area contributed by atoms with E-state index in [2.05, 4.69) is 0 Å². The van der Waals surface area contributed by atoms with Gasteiger partial charge in [0.05, 0.1) is 4.90 Å². The van der Waals surface area contributed by atoms with Crippen molar-refractivity contribution in [2.45, 2.75) is 11.5 Å². The maximum Gasteiger partial charge on any atom is 0.216 e. The topological polar surface area (TPSA) is 67.2 Å². The molecule has 0 saturated carbocycles. The quantitative estimate of drug-likeness (QED) is 0.312. The minimum atomic E-state index is -4.03. The SMILES string of the molecule is N#C/C(=C/c1c(OCc2ccccc2)ccc2ccccc12)S(=O)(=O)c1ccc(Cl)cc1. The second-order valence-electron chi connectivity index (χ2n) is 7.05. The molecule has 0 saturated heterocycles. The molecule has 0 radical (unpaired) electrons. The maximum absolute atomic E-state index is 13.1. The minimum absolute atomic E-state index is 0.00157. The predicted octanol–water partition coefficient (Wildman–Crippen LogP) is 6.41. The largest absolute Gasteiger partial charge is 0.488 e. The Bertz CT molecular complexity index is 1440. The number of rotatable bonds is 6. The average Bonchev–Trinajstić information content (AvgIpc) is 2.82. The number of sulfone groups is 1. The van der Waals surface area contributed by atoms with Gasteiger partial charge in [-0.05, 0) is 52.7 Å². The normalized spacial score (nSPS) is 11.8. The zero-order chi connectivity index (χ0) is 22.6. The Morgan fingerprint density at radius 2 is 1.59 bits per heavy atom. The van der Waals surface area contributed by atoms with Gasteiger partial charge in [0, 0.05) is 10.6 Å². The first kappa shape index (κ1) is 21.6. The van der Waals surface area contributed by atoms with E-state index < -0.39 is 9.84 Å². The zero-order valence-corrected chi connectivity index (χ0v) is 18.5. The maximum atomic E-state index is 13.1. The number of halogens is 1. The molecule has 0 heterocycles. The van der Waals surface area contributed by atoms with E-state index in [0.29, 0.717) is 22.9 Å². The second kappa shape index (κ2) is 9.27. The van der Waals surface area contributed by atoms with Gasteiger partial charge in [-0.2, -0.15) is 5.26 Å². The van der Waals surface area contributed by atoms with Gasteiger partial charge in [-0.3, -0.25) is 0 Å². The van der Waals surface area contributed by atoms with Crippen molar-refractivity contribution in [3.63, 3.8) is 0 Å². The Hall–Kier alpha value is -3.59. The van der Waals surface area contributed by atoms with Crippen molar-refractivity contribution in [3.8, 4) is 11.8 Å². The van der Waals surface area contributed by atoms with Crippen molar-refractivity contribution < 1.29 is 13.2 Å². The molecule has 0 spiro atoms. The van der Waals surface area contributed by atoms with E-state index in [-0.39, 0.29) is 9.80 Å². The van der Waals surface area contributed by atoms with Gasteiger partial charge in [0.1, 0.15) is 23.3 Å². The molecule has 0 unspecified atom stereocenters. The average molecular weight is 460 g/mol. The summed E-state index contributed by atoms with van der Waals surface area (Å²) in [5, 5.41) is 11.9. The van der Waals surface area contributed by atoms with Crippen LogP contribution in [0, 0.1) is 11.3 Å². The molecule has 158 valence electrons. The van der Waals surface area contributed by atoms with Crippen LogP contribution in [-0.4, -0.2) is 8.42 Å². The molecule has 32 heavy (non-hydrogen) atoms. The number of hydrogen-bond acceptors (Lipinski definition) is 4. The molecule has 6 heteroatoms. The third-order valence-electron chi connectivity index (χ3n) is 4.97. The van der Waals surface area contributed by atoms with Gasteiger partial charge < -0.3 is 4.74 Å². The van der Waals surface area contributed by atoms with E-state index in [4.69, 9.17) is 16.3 Å². The van der Waals surface area contributed by atoms with Crippen LogP contribution >= 0.6 is 11.6 Å². The highest BCUT2D eigenvalue weighted by Crippen LogP contribution is 2.33. The number of nitrogens with zero attached hydrogens (tertiary/aromatic N) is 1. The smallest absolute Gasteiger partial charge is 0.216 e. The van der Waals surface area contributed by atoms with Crippen molar-refractivity contribution >= 4 is 38.3 Å². The molecule has 0 aliphatic carbocycles. The Balaban J connectivity index is 1.82. The molecule has 4 aromatic rings. The lowest BCUT2D eigenvalue weighted by atomic mass is 10.0. The molecule has 0 amide bonds. The fourth-order valence-corrected chi connectivity index (χ4v) is 4.59. The first-order valence-electron chi connectivity index (χ1n) is 9.80. The van der Waals surface area contributed by atoms with Crippen LogP contribution in [0.2, 0.25) is 5.02 Å². The van der Waals surface area contributed by atoms with Gasteiger partial charge in [-0.15, -0.1) is 0 Å². The van der Waals surface area contributed by atoms with Crippen LogP contribution < -0.4 is 4.74 Å². The fraction of sp³-hybridized carbons (Fsp3) is 0.0385. The molecular weight excluding hydrogens is 442 g/mol. The van der Waals surface area contributed by atoms with Crippen LogP contribution in [0.25, 0.3) is 16.8 Å². The van der Waals surface area contributed by atoms with Crippen molar-refractivity contribution in [1.29, 1.82) is 5.26 Å². The van der Waals surface area contributed by atoms with E-state index in [1.165, 1.54) is 30.3 Å². The highest BCUT2D eigenvalue weighted by molar-refractivity contribution is 7.95. The van der Waals surface area contributed by atoms with E-state index in [9.17, 15) is 13.7 Å². The van der Waals surface area contributed by atoms with Crippen LogP contribution in [0.15, 0.2) is 101 Å². The van der Waals surface area contributed by atoms with Crippen molar-refractivity contribution in [2.24, 2.45) is 0 Å². The van der Waals surface area contributed by atoms with Gasteiger partial charge in [0.25, 0.3) is 0 Å². The fourth-order valence-electron chi connectivity index (χ4n) is 3.33. The number of fused-ring (bicyclic) bond motifs is 1. The Labute approximate surface area is 191 Å². The number of hydrogen-bond donors (Lipinski definition) is 0. The summed E-state index contributed by atoms with van der Waals surface area (Å²) in [6.07, 6.45) is 1.38. The first-order valence-corrected chi connectivity index (χ1v) is 11.7. The monoisotopic (exact) mass is 459 g/mol. The Morgan fingerprint density at radius 3 is 2.31 bits per heavy atom. The number of ether oxygens (including phenoxy) is 1. The van der Waals surface area contributed by atoms with Crippen LogP contribution in [0.5, 0.6) is 5.75 Å². The molecule has 0 atom stereocenters. The third kappa shape index (κ3) is 4.52. The summed E-state index contributed by atoms with van der Waals surface area (Å²) in [6.45, 7) is 0.311. The number of nitriles is 1. The van der Waals surface area contributed by atoms with E-state index >= 15 is 0 Å². The van der Waals surface area contributed by atoms with Crippen LogP contribution in [0.3, 0.4) is 0 Å². The van der Waals surface area contributed by atoms with E-state index in [1.54, 1.807) is 6.07 Å². The summed E-state index contributed by atoms with van der Waals surface area (Å²) in [6, 6.07) is 28.5. The molecule has 0 aromatic heterocycles. The molecule has 4 rings (SSSR count). The van der Waals surface area contributed by atoms with Crippen molar-refractivity contribution in [2.75, 3.05) is 0 Å². The van der Waals surface area contributed by atoms with Gasteiger partial charge in [-0.25, -0.2) is 8.42 Å². The first-order chi connectivity index (χ1) is 15.5. The Kier molecular flexibility index (Phi) is 6.27. The van der Waals surface area contributed by atoms with Crippen LogP contribution in [-0.2, 0) is 16.4 Å². The van der Waals surface area contributed by atoms with Crippen molar-refractivity contribution in [1.82, 2.24) is 0 Å². The zero-order valence-electron chi connectivity index (χ0n) is 16.9. The highest BCUT2D eigenvalue weighted by atomic mass is 35.5. The van der Waals surface area contributed by atoms with E-state index in [0.717, 1.165) is 16.3 Å². The molecule has 0 bridgehead atoms. The standard InChI is InChI=1S/C26H18ClNO3S/c27-21-11-13-22(14-12-21)32(29,30)23(17-28)16-25-24-9-5-4-8-20(24)10-15-26(25)31-18-19-6-2-1-3-7-19/h1-16H,18H2/b23-16-. The van der Waals surface area contributed by atoms with E-state index in [1.807, 2.05) is 66.7 Å².